The second-order valence-electron chi connectivity index (χ2n) is 3.60. The molecule has 1 aliphatic carbocycles. The van der Waals surface area contributed by atoms with Crippen molar-refractivity contribution in [3.63, 3.8) is 0 Å². The van der Waals surface area contributed by atoms with E-state index in [9.17, 15) is 4.79 Å². The summed E-state index contributed by atoms with van der Waals surface area (Å²) in [4.78, 5) is 16.7. The van der Waals surface area contributed by atoms with Crippen molar-refractivity contribution >= 4 is 12.2 Å². The van der Waals surface area contributed by atoms with Crippen LogP contribution >= 0.6 is 0 Å². The number of amides is 1. The first kappa shape index (κ1) is 7.77. The van der Waals surface area contributed by atoms with Crippen molar-refractivity contribution in [2.75, 3.05) is 6.54 Å². The van der Waals surface area contributed by atoms with Crippen LogP contribution in [0.4, 0.5) is 0 Å². The first-order valence-corrected chi connectivity index (χ1v) is 4.69. The normalized spacial score (nSPS) is 25.3. The first-order chi connectivity index (χ1) is 5.86. The monoisotopic (exact) mass is 166 g/mol. The SMILES string of the molecule is O=C1CN(C2CCCCC2)C=N1. The smallest absolute Gasteiger partial charge is 0.266 e. The number of rotatable bonds is 1. The van der Waals surface area contributed by atoms with E-state index in [-0.39, 0.29) is 5.91 Å². The second kappa shape index (κ2) is 3.25. The quantitative estimate of drug-likeness (QED) is 0.586. The molecule has 66 valence electrons. The minimum atomic E-state index is 0.0144. The summed E-state index contributed by atoms with van der Waals surface area (Å²) in [5.74, 6) is 0.0144. The maximum Gasteiger partial charge on any atom is 0.266 e. The third kappa shape index (κ3) is 1.49. The molecular weight excluding hydrogens is 152 g/mol. The number of carbonyl (C=O) groups excluding carboxylic acids is 1. The van der Waals surface area contributed by atoms with Crippen LogP contribution in [0.2, 0.25) is 0 Å². The lowest BCUT2D eigenvalue weighted by Gasteiger charge is -2.29. The largest absolute Gasteiger partial charge is 0.350 e. The molecular formula is C9H14N2O. The maximum absolute atomic E-state index is 10.9. The fourth-order valence-electron chi connectivity index (χ4n) is 2.01. The minimum absolute atomic E-state index is 0.0144. The molecule has 0 bridgehead atoms. The summed E-state index contributed by atoms with van der Waals surface area (Å²) in [5.41, 5.74) is 0. The predicted octanol–water partition coefficient (Wildman–Crippen LogP) is 1.19. The van der Waals surface area contributed by atoms with Crippen molar-refractivity contribution in [1.29, 1.82) is 0 Å². The number of aliphatic imine (C=N–C) groups is 1. The summed E-state index contributed by atoms with van der Waals surface area (Å²) in [6.45, 7) is 0.519. The molecule has 0 radical (unpaired) electrons. The van der Waals surface area contributed by atoms with Crippen molar-refractivity contribution in [2.24, 2.45) is 4.99 Å². The van der Waals surface area contributed by atoms with Gasteiger partial charge in [0.2, 0.25) is 0 Å². The van der Waals surface area contributed by atoms with Crippen molar-refractivity contribution < 1.29 is 4.79 Å². The van der Waals surface area contributed by atoms with Gasteiger partial charge in [0.15, 0.2) is 0 Å². The Hall–Kier alpha value is -0.860. The van der Waals surface area contributed by atoms with Gasteiger partial charge in [-0.1, -0.05) is 19.3 Å². The fourth-order valence-corrected chi connectivity index (χ4v) is 2.01. The lowest BCUT2D eigenvalue weighted by Crippen LogP contribution is -2.35. The van der Waals surface area contributed by atoms with Crippen LogP contribution in [0.3, 0.4) is 0 Å². The highest BCUT2D eigenvalue weighted by atomic mass is 16.2. The van der Waals surface area contributed by atoms with Gasteiger partial charge >= 0.3 is 0 Å². The van der Waals surface area contributed by atoms with Gasteiger partial charge in [0.05, 0.1) is 6.34 Å². The van der Waals surface area contributed by atoms with Crippen LogP contribution in [-0.4, -0.2) is 29.7 Å². The van der Waals surface area contributed by atoms with E-state index < -0.39 is 0 Å². The third-order valence-electron chi connectivity index (χ3n) is 2.71. The van der Waals surface area contributed by atoms with Crippen LogP contribution in [0.5, 0.6) is 0 Å². The molecule has 1 heterocycles. The van der Waals surface area contributed by atoms with Crippen LogP contribution < -0.4 is 0 Å². The van der Waals surface area contributed by atoms with Crippen LogP contribution in [0.15, 0.2) is 4.99 Å². The van der Waals surface area contributed by atoms with Crippen LogP contribution in [0.25, 0.3) is 0 Å². The topological polar surface area (TPSA) is 32.7 Å². The number of hydrogen-bond donors (Lipinski definition) is 0. The van der Waals surface area contributed by atoms with Crippen LogP contribution in [-0.2, 0) is 4.79 Å². The Kier molecular flexibility index (Phi) is 2.11. The Morgan fingerprint density at radius 3 is 2.67 bits per heavy atom. The van der Waals surface area contributed by atoms with E-state index in [1.165, 1.54) is 32.1 Å². The van der Waals surface area contributed by atoms with Gasteiger partial charge in [-0.25, -0.2) is 4.99 Å². The second-order valence-corrected chi connectivity index (χ2v) is 3.60. The van der Waals surface area contributed by atoms with Crippen molar-refractivity contribution in [2.45, 2.75) is 38.1 Å². The maximum atomic E-state index is 10.9. The zero-order valence-corrected chi connectivity index (χ0v) is 7.20. The highest BCUT2D eigenvalue weighted by Gasteiger charge is 2.23. The van der Waals surface area contributed by atoms with Gasteiger partial charge < -0.3 is 4.90 Å². The molecule has 0 unspecified atom stereocenters. The molecule has 1 saturated carbocycles. The van der Waals surface area contributed by atoms with Gasteiger partial charge in [-0.05, 0) is 12.8 Å². The van der Waals surface area contributed by atoms with E-state index >= 15 is 0 Å². The van der Waals surface area contributed by atoms with Gasteiger partial charge in [0, 0.05) is 6.04 Å². The molecule has 0 atom stereocenters. The number of hydrogen-bond acceptors (Lipinski definition) is 2. The van der Waals surface area contributed by atoms with Gasteiger partial charge in [-0.2, -0.15) is 0 Å². The Balaban J connectivity index is 1.91. The Morgan fingerprint density at radius 1 is 1.33 bits per heavy atom. The standard InChI is InChI=1S/C9H14N2O/c12-9-6-11(7-10-9)8-4-2-1-3-5-8/h7-8H,1-6H2. The molecule has 2 aliphatic rings. The van der Waals surface area contributed by atoms with Crippen molar-refractivity contribution in [3.05, 3.63) is 0 Å². The van der Waals surface area contributed by atoms with E-state index in [1.54, 1.807) is 6.34 Å². The predicted molar refractivity (Wildman–Crippen MR) is 47.1 cm³/mol. The molecule has 1 amide bonds. The highest BCUT2D eigenvalue weighted by Crippen LogP contribution is 2.22. The third-order valence-corrected chi connectivity index (χ3v) is 2.71. The molecule has 1 fully saturated rings. The average Bonchev–Trinajstić information content (AvgIpc) is 2.54. The lowest BCUT2D eigenvalue weighted by atomic mass is 9.94. The van der Waals surface area contributed by atoms with Gasteiger partial charge in [0.25, 0.3) is 5.91 Å². The molecule has 0 spiro atoms. The summed E-state index contributed by atoms with van der Waals surface area (Å²) in [6.07, 6.45) is 8.17. The zero-order chi connectivity index (χ0) is 8.39. The summed E-state index contributed by atoms with van der Waals surface area (Å²) < 4.78 is 0. The Bertz CT molecular complexity index is 207. The molecule has 3 heteroatoms. The molecule has 0 aromatic heterocycles. The van der Waals surface area contributed by atoms with E-state index in [2.05, 4.69) is 9.89 Å². The fraction of sp³-hybridized carbons (Fsp3) is 0.778. The molecule has 1 aliphatic heterocycles. The van der Waals surface area contributed by atoms with E-state index in [0.717, 1.165) is 0 Å². The molecule has 2 rings (SSSR count). The van der Waals surface area contributed by atoms with Crippen molar-refractivity contribution in [3.8, 4) is 0 Å². The molecule has 0 saturated heterocycles. The molecule has 0 N–H and O–H groups in total. The molecule has 12 heavy (non-hydrogen) atoms. The lowest BCUT2D eigenvalue weighted by molar-refractivity contribution is -0.117. The Morgan fingerprint density at radius 2 is 2.08 bits per heavy atom. The van der Waals surface area contributed by atoms with Crippen LogP contribution in [0.1, 0.15) is 32.1 Å². The summed E-state index contributed by atoms with van der Waals surface area (Å²) in [5, 5.41) is 0. The van der Waals surface area contributed by atoms with Gasteiger partial charge in [-0.15, -0.1) is 0 Å². The van der Waals surface area contributed by atoms with Gasteiger partial charge in [-0.3, -0.25) is 4.79 Å². The number of carbonyl (C=O) groups is 1. The van der Waals surface area contributed by atoms with E-state index in [0.29, 0.717) is 12.6 Å². The van der Waals surface area contributed by atoms with E-state index in [4.69, 9.17) is 0 Å². The summed E-state index contributed by atoms with van der Waals surface area (Å²) >= 11 is 0. The van der Waals surface area contributed by atoms with Crippen molar-refractivity contribution in [1.82, 2.24) is 4.90 Å². The summed E-state index contributed by atoms with van der Waals surface area (Å²) in [6, 6.07) is 0.592. The first-order valence-electron chi connectivity index (χ1n) is 4.69. The molecule has 3 nitrogen and oxygen atoms in total. The molecule has 0 aromatic rings. The zero-order valence-electron chi connectivity index (χ0n) is 7.20. The number of nitrogens with zero attached hydrogens (tertiary/aromatic N) is 2. The summed E-state index contributed by atoms with van der Waals surface area (Å²) in [7, 11) is 0. The molecule has 0 aromatic carbocycles. The van der Waals surface area contributed by atoms with E-state index in [1.807, 2.05) is 0 Å². The Labute approximate surface area is 72.5 Å². The highest BCUT2D eigenvalue weighted by molar-refractivity contribution is 5.92. The average molecular weight is 166 g/mol. The van der Waals surface area contributed by atoms with Crippen LogP contribution in [0, 0.1) is 0 Å². The minimum Gasteiger partial charge on any atom is -0.350 e. The van der Waals surface area contributed by atoms with Gasteiger partial charge in [0.1, 0.15) is 6.54 Å².